The van der Waals surface area contributed by atoms with E-state index in [0.717, 1.165) is 16.4 Å². The van der Waals surface area contributed by atoms with E-state index in [-0.39, 0.29) is 18.6 Å². The van der Waals surface area contributed by atoms with Gasteiger partial charge in [-0.15, -0.1) is 11.3 Å². The summed E-state index contributed by atoms with van der Waals surface area (Å²) < 4.78 is 4.99. The summed E-state index contributed by atoms with van der Waals surface area (Å²) in [7, 11) is 1.36. The van der Waals surface area contributed by atoms with E-state index in [1.807, 2.05) is 22.4 Å². The number of carboxylic acids is 1. The van der Waals surface area contributed by atoms with Gasteiger partial charge in [0, 0.05) is 55.7 Å². The van der Waals surface area contributed by atoms with Crippen LogP contribution >= 0.6 is 11.3 Å². The third-order valence-corrected chi connectivity index (χ3v) is 8.13. The molecular weight excluding hydrogens is 508 g/mol. The number of nitrogens with one attached hydrogen (secondary N) is 1. The van der Waals surface area contributed by atoms with E-state index in [2.05, 4.69) is 20.2 Å². The van der Waals surface area contributed by atoms with E-state index >= 15 is 0 Å². The molecule has 2 fully saturated rings. The molecule has 2 aromatic rings. The Morgan fingerprint density at radius 1 is 1.21 bits per heavy atom. The van der Waals surface area contributed by atoms with E-state index in [0.29, 0.717) is 49.7 Å². The van der Waals surface area contributed by atoms with Crippen LogP contribution in [0, 0.1) is 0 Å². The predicted octanol–water partition coefficient (Wildman–Crippen LogP) is 1.91. The number of carboxylic acid groups (broad SMARTS) is 1. The molecule has 0 saturated carbocycles. The SMILES string of the molecule is COC(=O)C1=C(CN2CCN3C(=O)N(c4ccc(C(C)(C)C(=O)O)cc4)C[C@@H]3C2)NC(c2nccs2)=NC1. The summed E-state index contributed by atoms with van der Waals surface area (Å²) in [5, 5.41) is 15.4. The number of urea groups is 1. The summed E-state index contributed by atoms with van der Waals surface area (Å²) in [6, 6.07) is 7.11. The number of esters is 1. The Labute approximate surface area is 224 Å². The van der Waals surface area contributed by atoms with Gasteiger partial charge in [0.15, 0.2) is 10.8 Å². The molecule has 38 heavy (non-hydrogen) atoms. The summed E-state index contributed by atoms with van der Waals surface area (Å²) in [5.74, 6) is -0.675. The maximum Gasteiger partial charge on any atom is 0.337 e. The van der Waals surface area contributed by atoms with Crippen molar-refractivity contribution in [2.75, 3.05) is 51.3 Å². The third-order valence-electron chi connectivity index (χ3n) is 7.35. The molecule has 11 nitrogen and oxygen atoms in total. The number of thiazole rings is 1. The highest BCUT2D eigenvalue weighted by Crippen LogP contribution is 2.30. The first-order valence-corrected chi connectivity index (χ1v) is 13.2. The topological polar surface area (TPSA) is 128 Å². The molecule has 0 aliphatic carbocycles. The van der Waals surface area contributed by atoms with Crippen LogP contribution in [0.4, 0.5) is 10.5 Å². The fourth-order valence-electron chi connectivity index (χ4n) is 4.96. The number of nitrogens with zero attached hydrogens (tertiary/aromatic N) is 5. The number of carbonyl (C=O) groups excluding carboxylic acids is 2. The molecule has 2 N–H and O–H groups in total. The van der Waals surface area contributed by atoms with Crippen molar-refractivity contribution < 1.29 is 24.2 Å². The number of anilines is 1. The first-order chi connectivity index (χ1) is 18.2. The number of rotatable bonds is 7. The number of fused-ring (bicyclic) bond motifs is 1. The number of methoxy groups -OCH3 is 1. The number of aliphatic carboxylic acids is 1. The molecule has 2 saturated heterocycles. The summed E-state index contributed by atoms with van der Waals surface area (Å²) in [6.45, 7) is 6.43. The number of ether oxygens (including phenoxy) is 1. The molecule has 3 aliphatic heterocycles. The van der Waals surface area contributed by atoms with Crippen molar-refractivity contribution in [1.82, 2.24) is 20.1 Å². The second kappa shape index (κ2) is 10.2. The molecule has 12 heteroatoms. The number of hydrogen-bond donors (Lipinski definition) is 2. The maximum atomic E-state index is 13.2. The highest BCUT2D eigenvalue weighted by Gasteiger charge is 2.42. The van der Waals surface area contributed by atoms with Crippen LogP contribution in [0.25, 0.3) is 0 Å². The first-order valence-electron chi connectivity index (χ1n) is 12.3. The number of carbonyl (C=O) groups is 3. The largest absolute Gasteiger partial charge is 0.481 e. The Balaban J connectivity index is 1.28. The van der Waals surface area contributed by atoms with Gasteiger partial charge in [-0.2, -0.15) is 0 Å². The Hall–Kier alpha value is -3.77. The molecule has 200 valence electrons. The zero-order valence-electron chi connectivity index (χ0n) is 21.5. The van der Waals surface area contributed by atoms with Gasteiger partial charge in [0.25, 0.3) is 0 Å². The van der Waals surface area contributed by atoms with Crippen molar-refractivity contribution in [3.8, 4) is 0 Å². The van der Waals surface area contributed by atoms with Crippen LogP contribution in [0.2, 0.25) is 0 Å². The zero-order chi connectivity index (χ0) is 27.0. The normalized spacial score (nSPS) is 20.2. The number of hydrogen-bond acceptors (Lipinski definition) is 9. The second-order valence-electron chi connectivity index (χ2n) is 10.0. The number of aromatic nitrogens is 1. The molecule has 0 spiro atoms. The zero-order valence-corrected chi connectivity index (χ0v) is 22.3. The van der Waals surface area contributed by atoms with Crippen LogP contribution in [0.15, 0.2) is 52.1 Å². The highest BCUT2D eigenvalue weighted by molar-refractivity contribution is 7.11. The summed E-state index contributed by atoms with van der Waals surface area (Å²) >= 11 is 1.47. The van der Waals surface area contributed by atoms with Crippen LogP contribution in [0.5, 0.6) is 0 Å². The summed E-state index contributed by atoms with van der Waals surface area (Å²) in [5.41, 5.74) is 1.64. The Kier molecular flexibility index (Phi) is 6.93. The number of amidine groups is 1. The van der Waals surface area contributed by atoms with Gasteiger partial charge < -0.3 is 20.1 Å². The van der Waals surface area contributed by atoms with Crippen LogP contribution < -0.4 is 10.2 Å². The van der Waals surface area contributed by atoms with E-state index in [1.165, 1.54) is 18.4 Å². The average Bonchev–Trinajstić information content (AvgIpc) is 3.57. The molecule has 3 aliphatic rings. The molecule has 2 amide bonds. The predicted molar refractivity (Wildman–Crippen MR) is 142 cm³/mol. The highest BCUT2D eigenvalue weighted by atomic mass is 32.1. The Bertz CT molecular complexity index is 1300. The average molecular weight is 539 g/mol. The smallest absolute Gasteiger partial charge is 0.337 e. The third kappa shape index (κ3) is 4.76. The van der Waals surface area contributed by atoms with Gasteiger partial charge in [-0.05, 0) is 31.5 Å². The van der Waals surface area contributed by atoms with Crippen LogP contribution in [0.1, 0.15) is 24.4 Å². The van der Waals surface area contributed by atoms with Crippen LogP contribution in [0.3, 0.4) is 0 Å². The molecule has 0 radical (unpaired) electrons. The van der Waals surface area contributed by atoms with Gasteiger partial charge >= 0.3 is 18.0 Å². The quantitative estimate of drug-likeness (QED) is 0.512. The minimum absolute atomic E-state index is 0.00995. The van der Waals surface area contributed by atoms with Crippen molar-refractivity contribution in [2.45, 2.75) is 25.3 Å². The summed E-state index contributed by atoms with van der Waals surface area (Å²) in [4.78, 5) is 51.9. The second-order valence-corrected chi connectivity index (χ2v) is 10.9. The van der Waals surface area contributed by atoms with Gasteiger partial charge in [-0.25, -0.2) is 14.6 Å². The molecule has 1 atom stereocenters. The number of piperazine rings is 1. The molecular formula is C26H30N6O5S. The standard InChI is InChI=1S/C26H30N6O5S/c1-26(2,24(34)35)16-4-6-17(7-5-16)32-14-18-13-30(9-10-31(18)25(32)36)15-20-19(23(33)37-3)12-28-21(29-20)22-27-8-11-38-22/h4-8,11,18H,9-10,12-15H2,1-3H3,(H,28,29)(H,34,35)/t18-/m0/s1. The minimum atomic E-state index is -1.01. The van der Waals surface area contributed by atoms with E-state index in [1.54, 1.807) is 37.1 Å². The van der Waals surface area contributed by atoms with E-state index in [4.69, 9.17) is 4.74 Å². The van der Waals surface area contributed by atoms with Gasteiger partial charge in [0.2, 0.25) is 0 Å². The fraction of sp³-hybridized carbons (Fsp3) is 0.423. The van der Waals surface area contributed by atoms with Crippen molar-refractivity contribution in [1.29, 1.82) is 0 Å². The van der Waals surface area contributed by atoms with Crippen molar-refractivity contribution in [2.24, 2.45) is 4.99 Å². The first kappa shape index (κ1) is 25.9. The monoisotopic (exact) mass is 538 g/mol. The number of amides is 2. The van der Waals surface area contributed by atoms with Crippen LogP contribution in [-0.4, -0.2) is 96.1 Å². The molecule has 0 unspecified atom stereocenters. The van der Waals surface area contributed by atoms with Gasteiger partial charge in [-0.3, -0.25) is 19.6 Å². The molecule has 0 bridgehead atoms. The van der Waals surface area contributed by atoms with Crippen LogP contribution in [-0.2, 0) is 19.7 Å². The van der Waals surface area contributed by atoms with E-state index in [9.17, 15) is 19.5 Å². The lowest BCUT2D eigenvalue weighted by molar-refractivity contribution is -0.142. The Morgan fingerprint density at radius 2 is 1.97 bits per heavy atom. The summed E-state index contributed by atoms with van der Waals surface area (Å²) in [6.07, 6.45) is 1.71. The van der Waals surface area contributed by atoms with Gasteiger partial charge in [0.1, 0.15) is 0 Å². The Morgan fingerprint density at radius 3 is 2.63 bits per heavy atom. The lowest BCUT2D eigenvalue weighted by Crippen LogP contribution is -2.53. The van der Waals surface area contributed by atoms with Gasteiger partial charge in [-0.1, -0.05) is 12.1 Å². The number of benzene rings is 1. The fourth-order valence-corrected chi connectivity index (χ4v) is 5.55. The molecule has 4 heterocycles. The lowest BCUT2D eigenvalue weighted by Gasteiger charge is -2.37. The van der Waals surface area contributed by atoms with Crippen molar-refractivity contribution in [3.63, 3.8) is 0 Å². The minimum Gasteiger partial charge on any atom is -0.481 e. The molecule has 1 aromatic carbocycles. The van der Waals surface area contributed by atoms with Crippen molar-refractivity contribution >= 4 is 40.8 Å². The maximum absolute atomic E-state index is 13.2. The molecule has 5 rings (SSSR count). The molecule has 1 aromatic heterocycles. The van der Waals surface area contributed by atoms with Crippen molar-refractivity contribution in [3.05, 3.63) is 57.7 Å². The lowest BCUT2D eigenvalue weighted by atomic mass is 9.85. The number of aliphatic imine (C=N–C) groups is 1. The van der Waals surface area contributed by atoms with Gasteiger partial charge in [0.05, 0.1) is 30.7 Å². The van der Waals surface area contributed by atoms with E-state index < -0.39 is 17.4 Å².